The Bertz CT molecular complexity index is 1360. The van der Waals surface area contributed by atoms with Crippen molar-refractivity contribution in [2.75, 3.05) is 0 Å². The van der Waals surface area contributed by atoms with Crippen molar-refractivity contribution in [2.24, 2.45) is 0 Å². The second-order valence-electron chi connectivity index (χ2n) is 13.3. The van der Waals surface area contributed by atoms with Crippen LogP contribution in [0.25, 0.3) is 0 Å². The van der Waals surface area contributed by atoms with Gasteiger partial charge >= 0.3 is 247 Å². The monoisotopic (exact) mass is 740 g/mol. The summed E-state index contributed by atoms with van der Waals surface area (Å²) < 4.78 is 6.39. The summed E-state index contributed by atoms with van der Waals surface area (Å²) in [6.07, 6.45) is 0. The number of aryl methyl sites for hydroxylation is 12. The molecular weight excluding hydrogens is 678 g/mol. The van der Waals surface area contributed by atoms with Crippen LogP contribution in [0.1, 0.15) is 87.5 Å². The molecule has 0 aromatic heterocycles. The Kier molecular flexibility index (Phi) is 15.7. The van der Waals surface area contributed by atoms with Gasteiger partial charge in [0.05, 0.1) is 0 Å². The summed E-state index contributed by atoms with van der Waals surface area (Å²) in [5.74, 6) is 0. The van der Waals surface area contributed by atoms with Crippen LogP contribution in [0.2, 0.25) is 18.1 Å². The summed E-state index contributed by atoms with van der Waals surface area (Å²) in [5.41, 5.74) is 17.1. The molecule has 0 spiro atoms. The van der Waals surface area contributed by atoms with Gasteiger partial charge in [0.15, 0.2) is 0 Å². The van der Waals surface area contributed by atoms with Gasteiger partial charge in [-0.1, -0.05) is 38.9 Å². The molecule has 0 saturated carbocycles. The Morgan fingerprint density at radius 2 is 0.600 bits per heavy atom. The first-order valence-corrected chi connectivity index (χ1v) is 23.3. The average Bonchev–Trinajstić information content (AvgIpc) is 2.91. The van der Waals surface area contributed by atoms with Crippen molar-refractivity contribution in [3.8, 4) is 0 Å². The summed E-state index contributed by atoms with van der Waals surface area (Å²) in [4.78, 5) is 0. The predicted molar refractivity (Wildman–Crippen MR) is 211 cm³/mol. The molecule has 0 unspecified atom stereocenters. The third-order valence-corrected chi connectivity index (χ3v) is 22.0. The fraction of sp³-hybridized carbons (Fsp3) is 0.429. The quantitative estimate of drug-likeness (QED) is 0.174. The molecule has 0 aliphatic carbocycles. The number of benzene rings is 4. The van der Waals surface area contributed by atoms with Crippen LogP contribution >= 0.6 is 0 Å². The van der Waals surface area contributed by atoms with Crippen molar-refractivity contribution >= 4 is 57.2 Å². The van der Waals surface area contributed by atoms with Gasteiger partial charge in [-0.2, -0.15) is 0 Å². The molecule has 0 fully saturated rings. The Morgan fingerprint density at radius 3 is 0.778 bits per heavy atom. The molecule has 4 rings (SSSR count). The Hall–Kier alpha value is -1.82. The normalized spacial score (nSPS) is 10.9. The summed E-state index contributed by atoms with van der Waals surface area (Å²) in [6.45, 7) is 34.0. The summed E-state index contributed by atoms with van der Waals surface area (Å²) in [7, 11) is 0.137. The SMILES string of the molecule is CC[Si](CC)CC.Cc1cc(C)[c]([GeH])c(C)c1.Cc1cc(C)[c]([Ge]([c]2c(C)cc(C)cc2C)[c]2c(C)cc(C)cc2C)c(C)c1. The molecule has 45 heavy (non-hydrogen) atoms. The maximum absolute atomic E-state index is 2.38. The minimum absolute atomic E-state index is 0.137. The summed E-state index contributed by atoms with van der Waals surface area (Å²) in [6, 6.07) is 23.1. The average molecular weight is 738 g/mol. The van der Waals surface area contributed by atoms with Crippen LogP contribution < -0.4 is 17.6 Å². The first-order valence-electron chi connectivity index (χ1n) is 16.8. The molecule has 0 atom stereocenters. The molecular formula is C42H60Ge2Si. The van der Waals surface area contributed by atoms with Crippen LogP contribution in [-0.2, 0) is 0 Å². The topological polar surface area (TPSA) is 0 Å². The maximum atomic E-state index is 2.38. The zero-order valence-corrected chi connectivity index (χ0v) is 36.8. The van der Waals surface area contributed by atoms with Crippen LogP contribution in [0.4, 0.5) is 0 Å². The molecule has 4 aromatic rings. The second-order valence-corrected chi connectivity index (χ2v) is 22.9. The molecule has 0 bridgehead atoms. The van der Waals surface area contributed by atoms with Gasteiger partial charge in [0.1, 0.15) is 0 Å². The Morgan fingerprint density at radius 1 is 0.400 bits per heavy atom. The van der Waals surface area contributed by atoms with E-state index in [-0.39, 0.29) is 8.80 Å². The van der Waals surface area contributed by atoms with E-state index in [1.54, 1.807) is 29.7 Å². The molecule has 0 aliphatic heterocycles. The van der Waals surface area contributed by atoms with E-state index in [1.165, 1.54) is 89.3 Å². The van der Waals surface area contributed by atoms with Gasteiger partial charge in [-0.3, -0.25) is 0 Å². The van der Waals surface area contributed by atoms with Crippen LogP contribution in [0.5, 0.6) is 0 Å². The van der Waals surface area contributed by atoms with E-state index < -0.39 is 14.3 Å². The first kappa shape index (κ1) is 39.4. The van der Waals surface area contributed by atoms with Gasteiger partial charge in [-0.25, -0.2) is 0 Å². The molecule has 3 heteroatoms. The van der Waals surface area contributed by atoms with E-state index in [9.17, 15) is 0 Å². The molecule has 0 heterocycles. The van der Waals surface area contributed by atoms with Crippen LogP contribution in [-0.4, -0.2) is 39.7 Å². The molecule has 0 N–H and O–H groups in total. The van der Waals surface area contributed by atoms with E-state index in [0.29, 0.717) is 0 Å². The fourth-order valence-electron chi connectivity index (χ4n) is 7.04. The van der Waals surface area contributed by atoms with E-state index in [4.69, 9.17) is 0 Å². The van der Waals surface area contributed by atoms with E-state index >= 15 is 0 Å². The van der Waals surface area contributed by atoms with Gasteiger partial charge < -0.3 is 0 Å². The van der Waals surface area contributed by atoms with Crippen molar-refractivity contribution in [2.45, 2.75) is 122 Å². The van der Waals surface area contributed by atoms with Crippen molar-refractivity contribution in [3.63, 3.8) is 0 Å². The van der Waals surface area contributed by atoms with Gasteiger partial charge in [0.25, 0.3) is 0 Å². The van der Waals surface area contributed by atoms with E-state index in [2.05, 4.69) is 152 Å². The molecule has 0 saturated heterocycles. The Balaban J connectivity index is 0.000000339. The van der Waals surface area contributed by atoms with Crippen LogP contribution in [0.3, 0.4) is 0 Å². The zero-order chi connectivity index (χ0) is 34.2. The predicted octanol–water partition coefficient (Wildman–Crippen LogP) is 8.66. The molecule has 0 amide bonds. The second kappa shape index (κ2) is 17.9. The van der Waals surface area contributed by atoms with Crippen molar-refractivity contribution in [3.05, 3.63) is 115 Å². The number of hydrogen-bond donors (Lipinski definition) is 0. The minimum atomic E-state index is -1.98. The van der Waals surface area contributed by atoms with E-state index in [1.807, 2.05) is 0 Å². The van der Waals surface area contributed by atoms with Gasteiger partial charge in [-0.05, 0) is 0 Å². The van der Waals surface area contributed by atoms with Crippen LogP contribution in [0, 0.1) is 83.1 Å². The van der Waals surface area contributed by atoms with Crippen LogP contribution in [0.15, 0.2) is 48.5 Å². The third-order valence-electron chi connectivity index (χ3n) is 9.02. The first-order chi connectivity index (χ1) is 21.1. The zero-order valence-electron chi connectivity index (χ0n) is 31.3. The standard InChI is InChI=1S/C27H33Ge.C9H12Ge.C6H15Si/c1-16-10-19(4)25(20(5)11-16)28(26-21(6)12-17(2)13-22(26)7)27-23(8)14-18(3)15-24(27)9;1-6-4-7(2)9(10)8(3)5-6;1-4-7(5-2)6-3/h10-15H,1-9H3;4-5,10H,1-3H3;4-6H2,1-3H3. The van der Waals surface area contributed by atoms with Gasteiger partial charge in [0, 0.05) is 8.80 Å². The van der Waals surface area contributed by atoms with Crippen molar-refractivity contribution in [1.82, 2.24) is 0 Å². The van der Waals surface area contributed by atoms with Crippen molar-refractivity contribution < 1.29 is 0 Å². The molecule has 4 aromatic carbocycles. The molecule has 240 valence electrons. The third kappa shape index (κ3) is 10.6. The molecule has 4 radical (unpaired) electrons. The number of rotatable bonds is 6. The molecule has 0 nitrogen and oxygen atoms in total. The number of hydrogen-bond acceptors (Lipinski definition) is 0. The Labute approximate surface area is 292 Å². The summed E-state index contributed by atoms with van der Waals surface area (Å²) in [5, 5.41) is 0. The fourth-order valence-corrected chi connectivity index (χ4v) is 16.3. The van der Waals surface area contributed by atoms with Gasteiger partial charge in [0.2, 0.25) is 0 Å². The van der Waals surface area contributed by atoms with Crippen molar-refractivity contribution in [1.29, 1.82) is 0 Å². The van der Waals surface area contributed by atoms with E-state index in [0.717, 1.165) is 0 Å². The van der Waals surface area contributed by atoms with Gasteiger partial charge in [-0.15, -0.1) is 0 Å². The summed E-state index contributed by atoms with van der Waals surface area (Å²) >= 11 is -0.258. The molecule has 0 aliphatic rings.